The third-order valence-electron chi connectivity index (χ3n) is 3.30. The van der Waals surface area contributed by atoms with E-state index in [-0.39, 0.29) is 5.82 Å². The molecule has 1 N–H and O–H groups in total. The van der Waals surface area contributed by atoms with E-state index in [1.54, 1.807) is 19.2 Å². The molecule has 96 valence electrons. The van der Waals surface area contributed by atoms with Gasteiger partial charge in [0.2, 0.25) is 0 Å². The van der Waals surface area contributed by atoms with Gasteiger partial charge in [0.25, 0.3) is 0 Å². The van der Waals surface area contributed by atoms with Crippen LogP contribution in [0, 0.1) is 5.82 Å². The van der Waals surface area contributed by atoms with E-state index in [2.05, 4.69) is 10.3 Å². The molecule has 2 rings (SSSR count). The van der Waals surface area contributed by atoms with Crippen LogP contribution in [0.3, 0.4) is 0 Å². The molecule has 0 bridgehead atoms. The first-order chi connectivity index (χ1) is 8.43. The van der Waals surface area contributed by atoms with E-state index in [9.17, 15) is 9.50 Å². The van der Waals surface area contributed by atoms with Crippen LogP contribution < -0.4 is 0 Å². The number of hydrogen-bond acceptors (Lipinski definition) is 3. The summed E-state index contributed by atoms with van der Waals surface area (Å²) in [6, 6.07) is 6.15. The summed E-state index contributed by atoms with van der Waals surface area (Å²) in [5.41, 5.74) is 0.935. The number of aromatic nitrogens is 3. The largest absolute Gasteiger partial charge is 0.386 e. The highest BCUT2D eigenvalue weighted by Gasteiger charge is 2.33. The molecule has 0 aliphatic carbocycles. The highest BCUT2D eigenvalue weighted by Crippen LogP contribution is 2.36. The van der Waals surface area contributed by atoms with Crippen molar-refractivity contribution in [1.82, 2.24) is 15.0 Å². The molecule has 2 aromatic rings. The Kier molecular flexibility index (Phi) is 3.17. The fraction of sp³-hybridized carbons (Fsp3) is 0.385. The van der Waals surface area contributed by atoms with Gasteiger partial charge < -0.3 is 5.11 Å². The Balaban J connectivity index is 2.36. The number of nitrogens with zero attached hydrogens (tertiary/aromatic N) is 3. The van der Waals surface area contributed by atoms with Crippen LogP contribution in [0.2, 0.25) is 0 Å². The summed E-state index contributed by atoms with van der Waals surface area (Å²) < 4.78 is 14.5. The quantitative estimate of drug-likeness (QED) is 0.904. The monoisotopic (exact) mass is 249 g/mol. The van der Waals surface area contributed by atoms with Gasteiger partial charge in [-0.2, -0.15) is 0 Å². The number of aryl methyl sites for hydroxylation is 1. The molecule has 0 saturated carbocycles. The lowest BCUT2D eigenvalue weighted by molar-refractivity contribution is 0.0922. The standard InChI is InChI=1S/C13H16FN3O/c1-13(2,9-4-6-10(14)7-5-9)12(18)11-8-15-16-17(11)3/h4-8,12,18H,1-3H3. The van der Waals surface area contributed by atoms with Crippen molar-refractivity contribution < 1.29 is 9.50 Å². The molecule has 1 atom stereocenters. The number of aliphatic hydroxyl groups excluding tert-OH is 1. The maximum Gasteiger partial charge on any atom is 0.123 e. The molecule has 0 aliphatic rings. The lowest BCUT2D eigenvalue weighted by Gasteiger charge is -2.30. The lowest BCUT2D eigenvalue weighted by Crippen LogP contribution is -2.28. The topological polar surface area (TPSA) is 50.9 Å². The third-order valence-corrected chi connectivity index (χ3v) is 3.30. The summed E-state index contributed by atoms with van der Waals surface area (Å²) in [5.74, 6) is -0.286. The number of hydrogen-bond donors (Lipinski definition) is 1. The van der Waals surface area contributed by atoms with Gasteiger partial charge in [0, 0.05) is 12.5 Å². The fourth-order valence-electron chi connectivity index (χ4n) is 1.95. The molecule has 1 unspecified atom stereocenters. The van der Waals surface area contributed by atoms with Gasteiger partial charge in [-0.05, 0) is 17.7 Å². The molecule has 0 aliphatic heterocycles. The van der Waals surface area contributed by atoms with Crippen molar-refractivity contribution in [2.45, 2.75) is 25.4 Å². The van der Waals surface area contributed by atoms with Crippen LogP contribution in [0.1, 0.15) is 31.2 Å². The molecule has 18 heavy (non-hydrogen) atoms. The molecule has 0 radical (unpaired) electrons. The smallest absolute Gasteiger partial charge is 0.123 e. The van der Waals surface area contributed by atoms with Crippen molar-refractivity contribution in [3.63, 3.8) is 0 Å². The van der Waals surface area contributed by atoms with Crippen LogP contribution in [0.15, 0.2) is 30.5 Å². The van der Waals surface area contributed by atoms with Crippen LogP contribution in [-0.2, 0) is 12.5 Å². The fourth-order valence-corrected chi connectivity index (χ4v) is 1.95. The minimum Gasteiger partial charge on any atom is -0.386 e. The maximum atomic E-state index is 12.9. The molecule has 1 aromatic heterocycles. The number of aliphatic hydroxyl groups is 1. The first kappa shape index (κ1) is 12.7. The van der Waals surface area contributed by atoms with Gasteiger partial charge in [-0.25, -0.2) is 9.07 Å². The summed E-state index contributed by atoms with van der Waals surface area (Å²) in [6.45, 7) is 3.80. The zero-order valence-corrected chi connectivity index (χ0v) is 10.6. The molecular formula is C13H16FN3O. The van der Waals surface area contributed by atoms with E-state index < -0.39 is 11.5 Å². The predicted molar refractivity (Wildman–Crippen MR) is 65.4 cm³/mol. The van der Waals surface area contributed by atoms with Gasteiger partial charge in [0.15, 0.2) is 0 Å². The van der Waals surface area contributed by atoms with Crippen molar-refractivity contribution in [3.8, 4) is 0 Å². The molecule has 1 aromatic carbocycles. The molecule has 0 amide bonds. The van der Waals surface area contributed by atoms with Gasteiger partial charge in [-0.15, -0.1) is 5.10 Å². The number of rotatable bonds is 3. The second kappa shape index (κ2) is 4.49. The second-order valence-electron chi connectivity index (χ2n) is 4.91. The maximum absolute atomic E-state index is 12.9. The van der Waals surface area contributed by atoms with Crippen molar-refractivity contribution in [2.24, 2.45) is 7.05 Å². The first-order valence-corrected chi connectivity index (χ1v) is 5.71. The summed E-state index contributed by atoms with van der Waals surface area (Å²) in [7, 11) is 1.73. The number of benzene rings is 1. The van der Waals surface area contributed by atoms with Crippen LogP contribution in [-0.4, -0.2) is 20.1 Å². The summed E-state index contributed by atoms with van der Waals surface area (Å²) in [5, 5.41) is 18.0. The van der Waals surface area contributed by atoms with Crippen LogP contribution in [0.5, 0.6) is 0 Å². The van der Waals surface area contributed by atoms with Gasteiger partial charge in [-0.1, -0.05) is 31.2 Å². The minimum atomic E-state index is -0.761. The van der Waals surface area contributed by atoms with Gasteiger partial charge in [0.05, 0.1) is 11.9 Å². The highest BCUT2D eigenvalue weighted by molar-refractivity contribution is 5.27. The Morgan fingerprint density at radius 1 is 1.28 bits per heavy atom. The van der Waals surface area contributed by atoms with Crippen molar-refractivity contribution >= 4 is 0 Å². The zero-order chi connectivity index (χ0) is 13.3. The number of halogens is 1. The SMILES string of the molecule is Cn1nncc1C(O)C(C)(C)c1ccc(F)cc1. The van der Waals surface area contributed by atoms with E-state index >= 15 is 0 Å². The zero-order valence-electron chi connectivity index (χ0n) is 10.6. The Morgan fingerprint density at radius 2 is 1.89 bits per heavy atom. The van der Waals surface area contributed by atoms with Crippen LogP contribution in [0.25, 0.3) is 0 Å². The predicted octanol–water partition coefficient (Wildman–Crippen LogP) is 1.97. The van der Waals surface area contributed by atoms with E-state index in [4.69, 9.17) is 0 Å². The van der Waals surface area contributed by atoms with E-state index in [0.29, 0.717) is 5.69 Å². The lowest BCUT2D eigenvalue weighted by atomic mass is 9.78. The molecule has 4 nitrogen and oxygen atoms in total. The van der Waals surface area contributed by atoms with E-state index in [1.165, 1.54) is 23.0 Å². The molecule has 0 fully saturated rings. The molecule has 5 heteroatoms. The Morgan fingerprint density at radius 3 is 2.39 bits per heavy atom. The van der Waals surface area contributed by atoms with E-state index in [0.717, 1.165) is 5.56 Å². The summed E-state index contributed by atoms with van der Waals surface area (Å²) >= 11 is 0. The highest BCUT2D eigenvalue weighted by atomic mass is 19.1. The van der Waals surface area contributed by atoms with Gasteiger partial charge in [-0.3, -0.25) is 0 Å². The van der Waals surface area contributed by atoms with Crippen molar-refractivity contribution in [1.29, 1.82) is 0 Å². The third kappa shape index (κ3) is 2.13. The van der Waals surface area contributed by atoms with Crippen molar-refractivity contribution in [3.05, 3.63) is 47.5 Å². The Hall–Kier alpha value is -1.75. The van der Waals surface area contributed by atoms with E-state index in [1.807, 2.05) is 13.8 Å². The molecule has 0 saturated heterocycles. The average molecular weight is 249 g/mol. The Labute approximate surface area is 105 Å². The van der Waals surface area contributed by atoms with Crippen LogP contribution in [0.4, 0.5) is 4.39 Å². The minimum absolute atomic E-state index is 0.286. The normalized spacial score (nSPS) is 13.6. The van der Waals surface area contributed by atoms with Gasteiger partial charge in [0.1, 0.15) is 11.9 Å². The Bertz CT molecular complexity index is 533. The molecular weight excluding hydrogens is 233 g/mol. The van der Waals surface area contributed by atoms with Gasteiger partial charge >= 0.3 is 0 Å². The van der Waals surface area contributed by atoms with Crippen molar-refractivity contribution in [2.75, 3.05) is 0 Å². The summed E-state index contributed by atoms with van der Waals surface area (Å²) in [4.78, 5) is 0. The molecule has 0 spiro atoms. The average Bonchev–Trinajstić information content (AvgIpc) is 2.75. The van der Waals surface area contributed by atoms with Crippen LogP contribution >= 0.6 is 0 Å². The molecule has 1 heterocycles. The first-order valence-electron chi connectivity index (χ1n) is 5.71. The second-order valence-corrected chi connectivity index (χ2v) is 4.91. The summed E-state index contributed by atoms with van der Waals surface area (Å²) in [6.07, 6.45) is 0.776.